The molecule has 9 nitrogen and oxygen atoms in total. The molecule has 0 spiro atoms. The molecule has 0 amide bonds. The lowest BCUT2D eigenvalue weighted by Crippen LogP contribution is -2.23. The second-order valence-electron chi connectivity index (χ2n) is 16.2. The Labute approximate surface area is 350 Å². The predicted octanol–water partition coefficient (Wildman–Crippen LogP) is 11.9. The number of hydrogen-bond donors (Lipinski definition) is 0. The molecule has 0 N–H and O–H groups in total. The second kappa shape index (κ2) is 14.7. The Balaban J connectivity index is 1.19. The van der Waals surface area contributed by atoms with Gasteiger partial charge in [-0.25, -0.2) is 0 Å². The highest BCUT2D eigenvalue weighted by Gasteiger charge is 2.37. The highest BCUT2D eigenvalue weighted by molar-refractivity contribution is 5.65. The van der Waals surface area contributed by atoms with Crippen LogP contribution in [0.15, 0.2) is 97.3 Å². The number of aromatic nitrogens is 1. The van der Waals surface area contributed by atoms with Gasteiger partial charge in [-0.1, -0.05) is 52.0 Å². The lowest BCUT2D eigenvalue weighted by molar-refractivity contribution is -0.000988. The maximum absolute atomic E-state index is 7.07. The van der Waals surface area contributed by atoms with E-state index in [1.165, 1.54) is 0 Å². The zero-order valence-electron chi connectivity index (χ0n) is 34.3. The molecule has 4 aliphatic heterocycles. The first-order valence-corrected chi connectivity index (χ1v) is 21.3. The summed E-state index contributed by atoms with van der Waals surface area (Å²) in [5.41, 5.74) is 11.9. The maximum Gasteiger partial charge on any atom is 0.267 e. The van der Waals surface area contributed by atoms with Crippen molar-refractivity contribution >= 4 is 0 Å². The summed E-state index contributed by atoms with van der Waals surface area (Å²) in [5, 5.41) is 0. The van der Waals surface area contributed by atoms with E-state index >= 15 is 0 Å². The molecule has 60 heavy (non-hydrogen) atoms. The van der Waals surface area contributed by atoms with E-state index in [1.54, 1.807) is 0 Å². The summed E-state index contributed by atoms with van der Waals surface area (Å²) in [5.74, 6) is 5.75. The third-order valence-electron chi connectivity index (χ3n) is 13.2. The Hall–Kier alpha value is -6.35. The van der Waals surface area contributed by atoms with Gasteiger partial charge in [-0.2, -0.15) is 0 Å². The molecular formula is C51H47NO8. The molecule has 0 saturated heterocycles. The molecule has 6 aromatic rings. The third kappa shape index (κ3) is 5.92. The van der Waals surface area contributed by atoms with Crippen molar-refractivity contribution in [2.75, 3.05) is 20.4 Å². The first kappa shape index (κ1) is 36.7. The van der Waals surface area contributed by atoms with Gasteiger partial charge in [0.25, 0.3) is 6.29 Å². The number of nitrogens with zero attached hydrogens (tertiary/aromatic N) is 1. The molecule has 304 valence electrons. The van der Waals surface area contributed by atoms with Crippen molar-refractivity contribution in [3.05, 3.63) is 147 Å². The minimum absolute atomic E-state index is 0.0143. The van der Waals surface area contributed by atoms with Crippen LogP contribution in [0.3, 0.4) is 0 Å². The molecule has 5 aliphatic rings. The van der Waals surface area contributed by atoms with Crippen molar-refractivity contribution in [2.24, 2.45) is 0 Å². The van der Waals surface area contributed by atoms with E-state index in [4.69, 9.17) is 37.9 Å². The average Bonchev–Trinajstić information content (AvgIpc) is 3.25. The van der Waals surface area contributed by atoms with Crippen molar-refractivity contribution in [1.82, 2.24) is 4.98 Å². The minimum atomic E-state index is -0.785. The molecule has 1 aromatic heterocycles. The first-order valence-electron chi connectivity index (χ1n) is 21.3. The number of benzene rings is 5. The summed E-state index contributed by atoms with van der Waals surface area (Å²) in [6.45, 7) is 9.03. The highest BCUT2D eigenvalue weighted by Crippen LogP contribution is 2.55. The molecule has 5 heterocycles. The molecule has 8 bridgehead atoms. The largest absolute Gasteiger partial charge is 0.457 e. The van der Waals surface area contributed by atoms with Gasteiger partial charge in [0.05, 0.1) is 0 Å². The van der Waals surface area contributed by atoms with Crippen molar-refractivity contribution in [2.45, 2.75) is 83.3 Å². The monoisotopic (exact) mass is 801 g/mol. The van der Waals surface area contributed by atoms with Gasteiger partial charge in [-0.3, -0.25) is 4.98 Å². The summed E-state index contributed by atoms with van der Waals surface area (Å²) < 4.78 is 53.0. The van der Waals surface area contributed by atoms with Crippen LogP contribution < -0.4 is 37.9 Å². The second-order valence-corrected chi connectivity index (χ2v) is 16.2. The Morgan fingerprint density at radius 2 is 0.683 bits per heavy atom. The van der Waals surface area contributed by atoms with Crippen LogP contribution in [0, 0.1) is 0 Å². The summed E-state index contributed by atoms with van der Waals surface area (Å²) in [7, 11) is 0. The Morgan fingerprint density at radius 1 is 0.383 bits per heavy atom. The normalized spacial score (nSPS) is 21.3. The maximum atomic E-state index is 7.07. The lowest BCUT2D eigenvalue weighted by Gasteiger charge is -2.35. The van der Waals surface area contributed by atoms with Gasteiger partial charge < -0.3 is 37.9 Å². The zero-order valence-corrected chi connectivity index (χ0v) is 34.3. The quantitative estimate of drug-likeness (QED) is 0.163. The predicted molar refractivity (Wildman–Crippen MR) is 226 cm³/mol. The average molecular weight is 802 g/mol. The fourth-order valence-corrected chi connectivity index (χ4v) is 10.2. The van der Waals surface area contributed by atoms with Gasteiger partial charge in [0.15, 0.2) is 0 Å². The van der Waals surface area contributed by atoms with Crippen molar-refractivity contribution in [3.8, 4) is 57.1 Å². The topological polar surface area (TPSA) is 86.7 Å². The van der Waals surface area contributed by atoms with E-state index in [0.29, 0.717) is 0 Å². The number of pyridine rings is 1. The van der Waals surface area contributed by atoms with E-state index < -0.39 is 6.29 Å². The smallest absolute Gasteiger partial charge is 0.267 e. The van der Waals surface area contributed by atoms with Crippen molar-refractivity contribution in [3.63, 3.8) is 0 Å². The summed E-state index contributed by atoms with van der Waals surface area (Å²) >= 11 is 0. The fraction of sp³-hybridized carbons (Fsp3) is 0.314. The molecule has 9 heteroatoms. The summed E-state index contributed by atoms with van der Waals surface area (Å²) in [6, 6.07) is 29.9. The summed E-state index contributed by atoms with van der Waals surface area (Å²) in [4.78, 5) is 4.20. The Bertz CT molecular complexity index is 2490. The zero-order chi connectivity index (χ0) is 40.5. The van der Waals surface area contributed by atoms with E-state index in [1.807, 2.05) is 36.7 Å². The minimum Gasteiger partial charge on any atom is -0.457 e. The van der Waals surface area contributed by atoms with E-state index in [9.17, 15) is 0 Å². The van der Waals surface area contributed by atoms with Crippen molar-refractivity contribution < 1.29 is 37.9 Å². The van der Waals surface area contributed by atoms with Crippen LogP contribution in [-0.4, -0.2) is 25.4 Å². The molecule has 2 atom stereocenters. The van der Waals surface area contributed by atoms with Gasteiger partial charge in [-0.15, -0.1) is 0 Å². The fourth-order valence-electron chi connectivity index (χ4n) is 10.2. The van der Waals surface area contributed by atoms with Gasteiger partial charge >= 0.3 is 0 Å². The van der Waals surface area contributed by atoms with Gasteiger partial charge in [0.2, 0.25) is 20.4 Å². The molecule has 0 fully saturated rings. The first-order chi connectivity index (χ1) is 29.5. The van der Waals surface area contributed by atoms with Crippen LogP contribution in [0.1, 0.15) is 133 Å². The molecule has 0 radical (unpaired) electrons. The Kier molecular flexibility index (Phi) is 9.01. The van der Waals surface area contributed by atoms with Gasteiger partial charge in [0.1, 0.15) is 46.0 Å². The van der Waals surface area contributed by atoms with Crippen LogP contribution >= 0.6 is 0 Å². The number of rotatable bonds is 6. The molecule has 5 aromatic carbocycles. The van der Waals surface area contributed by atoms with Crippen LogP contribution in [0.4, 0.5) is 0 Å². The van der Waals surface area contributed by atoms with Crippen LogP contribution in [0.25, 0.3) is 11.1 Å². The molecule has 0 saturated carbocycles. The number of hydrogen-bond acceptors (Lipinski definition) is 9. The lowest BCUT2D eigenvalue weighted by atomic mass is 9.77. The van der Waals surface area contributed by atoms with Gasteiger partial charge in [0, 0.05) is 110 Å². The molecular weight excluding hydrogens is 755 g/mol. The highest BCUT2D eigenvalue weighted by atomic mass is 16.7. The van der Waals surface area contributed by atoms with Crippen LogP contribution in [0.2, 0.25) is 0 Å². The standard InChI is InChI=1S/C51H47NO8/c1-5-31-35-17-37-32(6-2)39-19-41-34(8-4)42-20-40-33(7-3)38-18-36(31)44-22-46(38)56-27-58-48(40)24-50(42)60-51(30-11-9-28(10-12-30)29-13-15-52-16-14-29)59-49(41)23-47(39)57-26-55-45(37)21-43(35)53-25-54-44/h9-24,31-34,51H,5-8,25-27H2,1-4H3. The SMILES string of the molecule is CCC1c2cc3c4cc2OCOc2cc5c(cc21)C(CC)c1cc2c(cc1OCO5)OC(c1ccc(-c5ccncc5)cc1)Oc1cc(c(cc1C2CC)C3CC)OCO4. The van der Waals surface area contributed by atoms with Crippen molar-refractivity contribution in [1.29, 1.82) is 0 Å². The van der Waals surface area contributed by atoms with E-state index in [0.717, 1.165) is 133 Å². The molecule has 1 aliphatic carbocycles. The molecule has 11 rings (SSSR count). The van der Waals surface area contributed by atoms with E-state index in [-0.39, 0.29) is 44.1 Å². The molecule has 2 unspecified atom stereocenters. The van der Waals surface area contributed by atoms with E-state index in [2.05, 4.69) is 93.3 Å². The Morgan fingerprint density at radius 3 is 1.02 bits per heavy atom. The van der Waals surface area contributed by atoms with Crippen LogP contribution in [-0.2, 0) is 0 Å². The van der Waals surface area contributed by atoms with Gasteiger partial charge in [-0.05, 0) is 73.2 Å². The third-order valence-corrected chi connectivity index (χ3v) is 13.2. The number of ether oxygens (including phenoxy) is 8. The summed E-state index contributed by atoms with van der Waals surface area (Å²) in [6.07, 6.45) is 6.11. The van der Waals surface area contributed by atoms with Crippen LogP contribution in [0.5, 0.6) is 46.0 Å².